The summed E-state index contributed by atoms with van der Waals surface area (Å²) in [7, 11) is -4.03. The van der Waals surface area contributed by atoms with E-state index >= 15 is 0 Å². The van der Waals surface area contributed by atoms with Gasteiger partial charge in [-0.05, 0) is 37.3 Å². The summed E-state index contributed by atoms with van der Waals surface area (Å²) < 4.78 is 29.9. The zero-order valence-corrected chi connectivity index (χ0v) is 13.5. The number of nitriles is 1. The van der Waals surface area contributed by atoms with Crippen LogP contribution in [0.1, 0.15) is 37.7 Å². The Kier molecular flexibility index (Phi) is 7.48. The maximum Gasteiger partial charge on any atom is 0.294 e. The Morgan fingerprint density at radius 1 is 1.41 bits per heavy atom. The topological polar surface area (TPSA) is 116 Å². The number of hydrogen-bond acceptors (Lipinski definition) is 5. The van der Waals surface area contributed by atoms with E-state index in [1.807, 2.05) is 0 Å². The van der Waals surface area contributed by atoms with Crippen molar-refractivity contribution in [2.24, 2.45) is 11.8 Å². The van der Waals surface area contributed by atoms with E-state index in [4.69, 9.17) is 15.7 Å². The molecule has 0 heterocycles. The lowest BCUT2D eigenvalue weighted by Gasteiger charge is -2.18. The van der Waals surface area contributed by atoms with Crippen LogP contribution in [0.25, 0.3) is 0 Å². The predicted molar refractivity (Wildman–Crippen MR) is 84.3 cm³/mol. The van der Waals surface area contributed by atoms with Crippen LogP contribution >= 0.6 is 0 Å². The van der Waals surface area contributed by atoms with E-state index in [0.29, 0.717) is 17.9 Å². The second-order valence-electron chi connectivity index (χ2n) is 5.42. The number of nitrogens with two attached hydrogens (primary N) is 1. The normalized spacial score (nSPS) is 16.5. The molecule has 1 unspecified atom stereocenters. The molecule has 1 fully saturated rings. The van der Waals surface area contributed by atoms with Crippen molar-refractivity contribution in [2.75, 3.05) is 0 Å². The van der Waals surface area contributed by atoms with Crippen molar-refractivity contribution in [2.45, 2.75) is 50.0 Å². The van der Waals surface area contributed by atoms with Crippen LogP contribution in [0.5, 0.6) is 0 Å². The van der Waals surface area contributed by atoms with Crippen LogP contribution in [0.2, 0.25) is 0 Å². The zero-order chi connectivity index (χ0) is 16.6. The third kappa shape index (κ3) is 5.73. The fourth-order valence-corrected chi connectivity index (χ4v) is 3.39. The average Bonchev–Trinajstić information content (AvgIpc) is 2.98. The van der Waals surface area contributed by atoms with E-state index < -0.39 is 10.1 Å². The van der Waals surface area contributed by atoms with Gasteiger partial charge in [-0.25, -0.2) is 0 Å². The first-order valence-electron chi connectivity index (χ1n) is 7.26. The highest BCUT2D eigenvalue weighted by atomic mass is 32.2. The molecule has 0 aromatic heterocycles. The molecule has 0 aliphatic heterocycles. The zero-order valence-electron chi connectivity index (χ0n) is 12.7. The largest absolute Gasteiger partial charge is 0.294 e. The first-order chi connectivity index (χ1) is 10.4. The summed E-state index contributed by atoms with van der Waals surface area (Å²) in [6, 6.07) is 8.65. The van der Waals surface area contributed by atoms with Gasteiger partial charge in [-0.15, -0.1) is 0 Å². The maximum atomic E-state index is 10.6. The summed E-state index contributed by atoms with van der Waals surface area (Å²) >= 11 is 0. The third-order valence-electron chi connectivity index (χ3n) is 3.87. The fourth-order valence-electron chi connectivity index (χ4n) is 2.67. The van der Waals surface area contributed by atoms with Crippen LogP contribution in [0.15, 0.2) is 29.2 Å². The average molecular weight is 325 g/mol. The Morgan fingerprint density at radius 2 is 2.00 bits per heavy atom. The van der Waals surface area contributed by atoms with Crippen molar-refractivity contribution in [1.82, 2.24) is 5.43 Å². The highest BCUT2D eigenvalue weighted by Crippen LogP contribution is 2.28. The second-order valence-corrected chi connectivity index (χ2v) is 6.81. The SMILES string of the molecule is Cc1ccccc1S(=O)(=O)O.N#CCC(NN)C1CCCC1. The second kappa shape index (κ2) is 8.86. The third-order valence-corrected chi connectivity index (χ3v) is 4.88. The van der Waals surface area contributed by atoms with Gasteiger partial charge in [-0.1, -0.05) is 31.0 Å². The summed E-state index contributed by atoms with van der Waals surface area (Å²) in [5.74, 6) is 5.98. The Labute approximate surface area is 132 Å². The molecule has 2 rings (SSSR count). The lowest BCUT2D eigenvalue weighted by Crippen LogP contribution is -2.39. The van der Waals surface area contributed by atoms with Crippen molar-refractivity contribution in [1.29, 1.82) is 5.26 Å². The molecule has 0 spiro atoms. The summed E-state index contributed by atoms with van der Waals surface area (Å²) in [4.78, 5) is -0.0278. The number of rotatable bonds is 4. The molecule has 0 bridgehead atoms. The van der Waals surface area contributed by atoms with Crippen LogP contribution in [0, 0.1) is 24.2 Å². The van der Waals surface area contributed by atoms with Gasteiger partial charge in [0.25, 0.3) is 10.1 Å². The van der Waals surface area contributed by atoms with Gasteiger partial charge in [0, 0.05) is 6.04 Å². The van der Waals surface area contributed by atoms with E-state index in [1.54, 1.807) is 25.1 Å². The van der Waals surface area contributed by atoms with E-state index in [1.165, 1.54) is 31.7 Å². The molecule has 4 N–H and O–H groups in total. The molecular weight excluding hydrogens is 302 g/mol. The van der Waals surface area contributed by atoms with Gasteiger partial charge in [0.2, 0.25) is 0 Å². The minimum atomic E-state index is -4.03. The summed E-state index contributed by atoms with van der Waals surface area (Å²) in [5, 5.41) is 8.48. The first-order valence-corrected chi connectivity index (χ1v) is 8.70. The van der Waals surface area contributed by atoms with E-state index in [-0.39, 0.29) is 10.9 Å². The monoisotopic (exact) mass is 325 g/mol. The molecule has 0 amide bonds. The van der Waals surface area contributed by atoms with Crippen molar-refractivity contribution in [3.05, 3.63) is 29.8 Å². The van der Waals surface area contributed by atoms with Gasteiger partial charge in [0.1, 0.15) is 0 Å². The summed E-state index contributed by atoms with van der Waals surface area (Å²) in [6.45, 7) is 1.63. The molecule has 1 aromatic rings. The smallest absolute Gasteiger partial charge is 0.282 e. The molecule has 0 radical (unpaired) electrons. The molecule has 1 aromatic carbocycles. The van der Waals surface area contributed by atoms with Crippen LogP contribution in [-0.2, 0) is 10.1 Å². The fraction of sp³-hybridized carbons (Fsp3) is 0.533. The maximum absolute atomic E-state index is 10.6. The van der Waals surface area contributed by atoms with E-state index in [9.17, 15) is 8.42 Å². The Morgan fingerprint density at radius 3 is 2.41 bits per heavy atom. The number of nitrogens with one attached hydrogen (secondary N) is 1. The van der Waals surface area contributed by atoms with Crippen LogP contribution in [-0.4, -0.2) is 19.0 Å². The van der Waals surface area contributed by atoms with Crippen LogP contribution < -0.4 is 11.3 Å². The van der Waals surface area contributed by atoms with Crippen molar-refractivity contribution < 1.29 is 13.0 Å². The lowest BCUT2D eigenvalue weighted by molar-refractivity contribution is 0.368. The molecule has 6 nitrogen and oxygen atoms in total. The molecule has 122 valence electrons. The van der Waals surface area contributed by atoms with Crippen molar-refractivity contribution in [3.63, 3.8) is 0 Å². The molecule has 0 saturated heterocycles. The van der Waals surface area contributed by atoms with E-state index in [2.05, 4.69) is 11.5 Å². The van der Waals surface area contributed by atoms with Gasteiger partial charge in [0.15, 0.2) is 0 Å². The predicted octanol–water partition coefficient (Wildman–Crippen LogP) is 2.16. The Balaban J connectivity index is 0.000000220. The number of hydrogen-bond donors (Lipinski definition) is 3. The molecular formula is C15H23N3O3S. The van der Waals surface area contributed by atoms with Crippen molar-refractivity contribution >= 4 is 10.1 Å². The summed E-state index contributed by atoms with van der Waals surface area (Å²) in [6.07, 6.45) is 5.61. The van der Waals surface area contributed by atoms with Crippen LogP contribution in [0.4, 0.5) is 0 Å². The van der Waals surface area contributed by atoms with Crippen molar-refractivity contribution in [3.8, 4) is 6.07 Å². The van der Waals surface area contributed by atoms with Gasteiger partial charge >= 0.3 is 0 Å². The number of hydrazine groups is 1. The molecule has 1 atom stereocenters. The van der Waals surface area contributed by atoms with E-state index in [0.717, 1.165) is 0 Å². The molecule has 7 heteroatoms. The minimum Gasteiger partial charge on any atom is -0.282 e. The highest BCUT2D eigenvalue weighted by Gasteiger charge is 2.23. The number of benzene rings is 1. The van der Waals surface area contributed by atoms with Gasteiger partial charge in [0.05, 0.1) is 17.4 Å². The Hall–Kier alpha value is -1.46. The molecule has 22 heavy (non-hydrogen) atoms. The summed E-state index contributed by atoms with van der Waals surface area (Å²) in [5.41, 5.74) is 3.27. The van der Waals surface area contributed by atoms with Gasteiger partial charge < -0.3 is 0 Å². The quantitative estimate of drug-likeness (QED) is 0.444. The molecule has 1 aliphatic rings. The first kappa shape index (κ1) is 18.6. The van der Waals surface area contributed by atoms with Crippen LogP contribution in [0.3, 0.4) is 0 Å². The standard InChI is InChI=1S/C8H15N3.C7H8O3S/c9-6-5-8(11-10)7-3-1-2-4-7;1-6-4-2-3-5-7(6)11(8,9)10/h7-8,11H,1-5,10H2;2-5H,1H3,(H,8,9,10). The number of aryl methyl sites for hydroxylation is 1. The van der Waals surface area contributed by atoms with Gasteiger partial charge in [-0.2, -0.15) is 13.7 Å². The van der Waals surface area contributed by atoms with Gasteiger partial charge in [-0.3, -0.25) is 15.8 Å². The Bertz CT molecular complexity index is 605. The molecule has 1 saturated carbocycles. The lowest BCUT2D eigenvalue weighted by atomic mass is 9.97. The molecule has 1 aliphatic carbocycles. The highest BCUT2D eigenvalue weighted by molar-refractivity contribution is 7.85. The minimum absolute atomic E-state index is 0.0278. The number of nitrogens with zero attached hydrogens (tertiary/aromatic N) is 1.